The molecule has 0 atom stereocenters. The van der Waals surface area contributed by atoms with Gasteiger partial charge in [0.1, 0.15) is 11.6 Å². The van der Waals surface area contributed by atoms with Crippen LogP contribution in [0, 0.1) is 5.82 Å². The normalized spacial score (nSPS) is 13.7. The zero-order chi connectivity index (χ0) is 18.5. The molecule has 1 aliphatic rings. The van der Waals surface area contributed by atoms with Crippen LogP contribution in [-0.2, 0) is 11.3 Å². The van der Waals surface area contributed by atoms with E-state index in [-0.39, 0.29) is 11.6 Å². The van der Waals surface area contributed by atoms with Crippen LogP contribution in [0.1, 0.15) is 24.8 Å². The fourth-order valence-corrected chi connectivity index (χ4v) is 3.09. The fraction of sp³-hybridized carbons (Fsp3) is 0.350. The maximum atomic E-state index is 13.8. The van der Waals surface area contributed by atoms with Crippen molar-refractivity contribution >= 4 is 23.2 Å². The van der Waals surface area contributed by atoms with Crippen molar-refractivity contribution in [2.24, 2.45) is 0 Å². The number of hydrogen-bond acceptors (Lipinski definition) is 3. The number of halogens is 2. The van der Waals surface area contributed by atoms with Crippen LogP contribution in [-0.4, -0.2) is 30.5 Å². The van der Waals surface area contributed by atoms with Crippen molar-refractivity contribution < 1.29 is 13.9 Å². The second-order valence-corrected chi connectivity index (χ2v) is 6.87. The Bertz CT molecular complexity index is 780. The van der Waals surface area contributed by atoms with Crippen molar-refractivity contribution in [3.8, 4) is 5.75 Å². The second kappa shape index (κ2) is 8.52. The van der Waals surface area contributed by atoms with Crippen molar-refractivity contribution in [1.82, 2.24) is 4.90 Å². The zero-order valence-electron chi connectivity index (χ0n) is 14.7. The van der Waals surface area contributed by atoms with Gasteiger partial charge in [-0.15, -0.1) is 0 Å². The standard InChI is InChI=1S/C20H22ClFN2O2/c1-26-19-5-3-2-4-14(19)13-24(16-7-8-16)11-10-20(25)23-18-9-6-15(21)12-17(18)22/h2-6,9,12,16H,7-8,10-11,13H2,1H3,(H,23,25). The van der Waals surface area contributed by atoms with Crippen LogP contribution < -0.4 is 10.1 Å². The van der Waals surface area contributed by atoms with Crippen LogP contribution in [0.15, 0.2) is 42.5 Å². The molecule has 6 heteroatoms. The summed E-state index contributed by atoms with van der Waals surface area (Å²) in [6, 6.07) is 12.6. The molecule has 0 bridgehead atoms. The summed E-state index contributed by atoms with van der Waals surface area (Å²) in [6.07, 6.45) is 2.58. The predicted octanol–water partition coefficient (Wildman–Crippen LogP) is 4.48. The van der Waals surface area contributed by atoms with Gasteiger partial charge >= 0.3 is 0 Å². The molecule has 1 fully saturated rings. The number of hydrogen-bond donors (Lipinski definition) is 1. The smallest absolute Gasteiger partial charge is 0.225 e. The number of amides is 1. The quantitative estimate of drug-likeness (QED) is 0.738. The minimum atomic E-state index is -0.529. The molecule has 1 aliphatic carbocycles. The van der Waals surface area contributed by atoms with Gasteiger partial charge in [0, 0.05) is 36.1 Å². The average Bonchev–Trinajstić information content (AvgIpc) is 3.46. The molecule has 0 unspecified atom stereocenters. The van der Waals surface area contributed by atoms with Gasteiger partial charge in [0.25, 0.3) is 0 Å². The van der Waals surface area contributed by atoms with Crippen molar-refractivity contribution in [1.29, 1.82) is 0 Å². The molecule has 0 saturated heterocycles. The van der Waals surface area contributed by atoms with E-state index in [1.807, 2.05) is 24.3 Å². The number of ether oxygens (including phenoxy) is 1. The Balaban J connectivity index is 1.58. The summed E-state index contributed by atoms with van der Waals surface area (Å²) in [6.45, 7) is 1.35. The summed E-state index contributed by atoms with van der Waals surface area (Å²) in [4.78, 5) is 14.5. The Morgan fingerprint density at radius 1 is 1.31 bits per heavy atom. The second-order valence-electron chi connectivity index (χ2n) is 6.44. The van der Waals surface area contributed by atoms with Gasteiger partial charge in [-0.05, 0) is 37.1 Å². The summed E-state index contributed by atoms with van der Waals surface area (Å²) in [7, 11) is 1.66. The summed E-state index contributed by atoms with van der Waals surface area (Å²) >= 11 is 5.73. The summed E-state index contributed by atoms with van der Waals surface area (Å²) in [5.41, 5.74) is 1.26. The van der Waals surface area contributed by atoms with E-state index < -0.39 is 5.82 Å². The van der Waals surface area contributed by atoms with E-state index >= 15 is 0 Å². The summed E-state index contributed by atoms with van der Waals surface area (Å²) in [5, 5.41) is 2.92. The lowest BCUT2D eigenvalue weighted by Gasteiger charge is -2.23. The van der Waals surface area contributed by atoms with Crippen LogP contribution in [0.3, 0.4) is 0 Å². The monoisotopic (exact) mass is 376 g/mol. The highest BCUT2D eigenvalue weighted by atomic mass is 35.5. The van der Waals surface area contributed by atoms with Gasteiger partial charge in [0.05, 0.1) is 12.8 Å². The number of benzene rings is 2. The average molecular weight is 377 g/mol. The maximum Gasteiger partial charge on any atom is 0.225 e. The van der Waals surface area contributed by atoms with Gasteiger partial charge < -0.3 is 10.1 Å². The van der Waals surface area contributed by atoms with Crippen molar-refractivity contribution in [2.75, 3.05) is 19.0 Å². The van der Waals surface area contributed by atoms with Crippen molar-refractivity contribution in [3.05, 3.63) is 58.9 Å². The van der Waals surface area contributed by atoms with Gasteiger partial charge in [-0.1, -0.05) is 29.8 Å². The molecule has 1 amide bonds. The van der Waals surface area contributed by atoms with Gasteiger partial charge in [-0.25, -0.2) is 4.39 Å². The Morgan fingerprint density at radius 2 is 2.08 bits per heavy atom. The molecule has 0 aliphatic heterocycles. The van der Waals surface area contributed by atoms with Crippen LogP contribution in [0.4, 0.5) is 10.1 Å². The highest BCUT2D eigenvalue weighted by Gasteiger charge is 2.29. The van der Waals surface area contributed by atoms with Gasteiger partial charge in [-0.2, -0.15) is 0 Å². The third kappa shape index (κ3) is 4.96. The lowest BCUT2D eigenvalue weighted by Crippen LogP contribution is -2.29. The molecule has 138 valence electrons. The highest BCUT2D eigenvalue weighted by molar-refractivity contribution is 6.30. The van der Waals surface area contributed by atoms with E-state index in [4.69, 9.17) is 16.3 Å². The molecule has 0 spiro atoms. The molecule has 2 aromatic carbocycles. The van der Waals surface area contributed by atoms with E-state index in [1.54, 1.807) is 13.2 Å². The molecule has 0 heterocycles. The van der Waals surface area contributed by atoms with Crippen LogP contribution in [0.25, 0.3) is 0 Å². The minimum absolute atomic E-state index is 0.155. The first kappa shape index (κ1) is 18.7. The molecular formula is C20H22ClFN2O2. The topological polar surface area (TPSA) is 41.6 Å². The van der Waals surface area contributed by atoms with E-state index in [0.717, 1.165) is 30.7 Å². The Labute approximate surface area is 157 Å². The number of anilines is 1. The first-order chi connectivity index (χ1) is 12.6. The maximum absolute atomic E-state index is 13.8. The predicted molar refractivity (Wildman–Crippen MR) is 101 cm³/mol. The molecular weight excluding hydrogens is 355 g/mol. The number of carbonyl (C=O) groups excluding carboxylic acids is 1. The molecule has 2 aromatic rings. The largest absolute Gasteiger partial charge is 0.496 e. The number of nitrogens with one attached hydrogen (secondary N) is 1. The van der Waals surface area contributed by atoms with E-state index in [0.29, 0.717) is 24.0 Å². The van der Waals surface area contributed by atoms with Gasteiger partial charge in [-0.3, -0.25) is 9.69 Å². The summed E-state index contributed by atoms with van der Waals surface area (Å²) in [5.74, 6) is 0.113. The van der Waals surface area contributed by atoms with Crippen LogP contribution in [0.2, 0.25) is 5.02 Å². The molecule has 3 rings (SSSR count). The lowest BCUT2D eigenvalue weighted by atomic mass is 10.1. The zero-order valence-corrected chi connectivity index (χ0v) is 15.4. The molecule has 1 N–H and O–H groups in total. The van der Waals surface area contributed by atoms with Gasteiger partial charge in [0.2, 0.25) is 5.91 Å². The molecule has 26 heavy (non-hydrogen) atoms. The number of methoxy groups -OCH3 is 1. The first-order valence-corrected chi connectivity index (χ1v) is 9.05. The minimum Gasteiger partial charge on any atom is -0.496 e. The van der Waals surface area contributed by atoms with Crippen LogP contribution >= 0.6 is 11.6 Å². The van der Waals surface area contributed by atoms with Crippen molar-refractivity contribution in [3.63, 3.8) is 0 Å². The SMILES string of the molecule is COc1ccccc1CN(CCC(=O)Nc1ccc(Cl)cc1F)C1CC1. The van der Waals surface area contributed by atoms with E-state index in [9.17, 15) is 9.18 Å². The van der Waals surface area contributed by atoms with Crippen molar-refractivity contribution in [2.45, 2.75) is 31.8 Å². The first-order valence-electron chi connectivity index (χ1n) is 8.67. The molecule has 0 aromatic heterocycles. The Kier molecular flexibility index (Phi) is 6.12. The molecule has 4 nitrogen and oxygen atoms in total. The Hall–Kier alpha value is -2.11. The lowest BCUT2D eigenvalue weighted by molar-refractivity contribution is -0.116. The third-order valence-corrected chi connectivity index (χ3v) is 4.70. The number of carbonyl (C=O) groups is 1. The third-order valence-electron chi connectivity index (χ3n) is 4.46. The fourth-order valence-electron chi connectivity index (χ4n) is 2.93. The van der Waals surface area contributed by atoms with E-state index in [2.05, 4.69) is 10.2 Å². The van der Waals surface area contributed by atoms with E-state index in [1.165, 1.54) is 12.1 Å². The highest BCUT2D eigenvalue weighted by Crippen LogP contribution is 2.30. The number of nitrogens with zero attached hydrogens (tertiary/aromatic N) is 1. The Morgan fingerprint density at radius 3 is 2.77 bits per heavy atom. The molecule has 0 radical (unpaired) electrons. The van der Waals surface area contributed by atoms with Crippen LogP contribution in [0.5, 0.6) is 5.75 Å². The summed E-state index contributed by atoms with van der Waals surface area (Å²) < 4.78 is 19.2. The number of rotatable bonds is 8. The molecule has 1 saturated carbocycles. The number of para-hydroxylation sites is 1. The van der Waals surface area contributed by atoms with Gasteiger partial charge in [0.15, 0.2) is 0 Å².